The molecule has 15 heavy (non-hydrogen) atoms. The molecule has 0 aliphatic heterocycles. The monoisotopic (exact) mass is 227 g/mol. The van der Waals surface area contributed by atoms with Crippen molar-refractivity contribution in [3.8, 4) is 0 Å². The highest BCUT2D eigenvalue weighted by Crippen LogP contribution is 2.15. The van der Waals surface area contributed by atoms with Crippen LogP contribution >= 0.6 is 11.6 Å². The fourth-order valence-corrected chi connectivity index (χ4v) is 1.39. The Morgan fingerprint density at radius 2 is 2.07 bits per heavy atom. The number of rotatable bonds is 5. The zero-order chi connectivity index (χ0) is 11.3. The molecule has 0 saturated heterocycles. The molecule has 3 nitrogen and oxygen atoms in total. The van der Waals surface area contributed by atoms with Crippen LogP contribution in [0.1, 0.15) is 24.9 Å². The predicted molar refractivity (Wildman–Crippen MR) is 60.1 cm³/mol. The van der Waals surface area contributed by atoms with Crippen molar-refractivity contribution in [1.82, 2.24) is 5.32 Å². The lowest BCUT2D eigenvalue weighted by Crippen LogP contribution is -2.21. The SMILES string of the molecule is C[C@@H](NCCC(=O)O)c1ccc(Cl)cc1. The second-order valence-electron chi connectivity index (χ2n) is 3.37. The highest BCUT2D eigenvalue weighted by Gasteiger charge is 2.04. The van der Waals surface area contributed by atoms with E-state index in [0.717, 1.165) is 5.56 Å². The standard InChI is InChI=1S/C11H14ClNO2/c1-8(13-7-6-11(14)15)9-2-4-10(12)5-3-9/h2-5,8,13H,6-7H2,1H3,(H,14,15)/t8-/m1/s1. The van der Waals surface area contributed by atoms with Gasteiger partial charge in [-0.05, 0) is 24.6 Å². The van der Waals surface area contributed by atoms with E-state index < -0.39 is 5.97 Å². The van der Waals surface area contributed by atoms with Crippen molar-refractivity contribution < 1.29 is 9.90 Å². The number of carbonyl (C=O) groups is 1. The molecule has 0 aliphatic carbocycles. The maximum absolute atomic E-state index is 10.3. The van der Waals surface area contributed by atoms with Crippen LogP contribution in [0.25, 0.3) is 0 Å². The molecule has 0 aliphatic rings. The molecular weight excluding hydrogens is 214 g/mol. The first-order valence-electron chi connectivity index (χ1n) is 4.80. The largest absolute Gasteiger partial charge is 0.481 e. The Labute approximate surface area is 94.1 Å². The Hall–Kier alpha value is -1.06. The lowest BCUT2D eigenvalue weighted by atomic mass is 10.1. The van der Waals surface area contributed by atoms with Gasteiger partial charge in [0.05, 0.1) is 6.42 Å². The van der Waals surface area contributed by atoms with Crippen molar-refractivity contribution in [1.29, 1.82) is 0 Å². The van der Waals surface area contributed by atoms with E-state index in [2.05, 4.69) is 5.32 Å². The van der Waals surface area contributed by atoms with Gasteiger partial charge in [0.2, 0.25) is 0 Å². The van der Waals surface area contributed by atoms with Crippen molar-refractivity contribution >= 4 is 17.6 Å². The first-order chi connectivity index (χ1) is 7.09. The van der Waals surface area contributed by atoms with Crippen LogP contribution in [0.3, 0.4) is 0 Å². The molecule has 0 bridgehead atoms. The third-order valence-corrected chi connectivity index (χ3v) is 2.41. The van der Waals surface area contributed by atoms with Gasteiger partial charge in [-0.15, -0.1) is 0 Å². The van der Waals surface area contributed by atoms with Gasteiger partial charge in [0, 0.05) is 17.6 Å². The minimum absolute atomic E-state index is 0.137. The average Bonchev–Trinajstić information content (AvgIpc) is 2.18. The van der Waals surface area contributed by atoms with E-state index in [1.807, 2.05) is 31.2 Å². The van der Waals surface area contributed by atoms with Crippen LogP contribution in [0.5, 0.6) is 0 Å². The molecule has 0 aromatic heterocycles. The minimum Gasteiger partial charge on any atom is -0.481 e. The summed E-state index contributed by atoms with van der Waals surface area (Å²) in [4.78, 5) is 10.3. The molecule has 0 radical (unpaired) electrons. The summed E-state index contributed by atoms with van der Waals surface area (Å²) in [6.07, 6.45) is 0.137. The fraction of sp³-hybridized carbons (Fsp3) is 0.364. The van der Waals surface area contributed by atoms with Gasteiger partial charge in [0.1, 0.15) is 0 Å². The summed E-state index contributed by atoms with van der Waals surface area (Å²) >= 11 is 5.76. The highest BCUT2D eigenvalue weighted by atomic mass is 35.5. The molecule has 0 heterocycles. The van der Waals surface area contributed by atoms with E-state index in [0.29, 0.717) is 11.6 Å². The molecule has 1 aromatic carbocycles. The number of hydrogen-bond donors (Lipinski definition) is 2. The predicted octanol–water partition coefficient (Wildman–Crippen LogP) is 2.47. The lowest BCUT2D eigenvalue weighted by Gasteiger charge is -2.13. The van der Waals surface area contributed by atoms with Crippen molar-refractivity contribution in [2.75, 3.05) is 6.54 Å². The smallest absolute Gasteiger partial charge is 0.304 e. The van der Waals surface area contributed by atoms with E-state index in [1.165, 1.54) is 0 Å². The summed E-state index contributed by atoms with van der Waals surface area (Å²) in [5.74, 6) is -0.786. The second kappa shape index (κ2) is 5.73. The number of hydrogen-bond acceptors (Lipinski definition) is 2. The normalized spacial score (nSPS) is 12.4. The van der Waals surface area contributed by atoms with Crippen LogP contribution in [-0.2, 0) is 4.79 Å². The molecular formula is C11H14ClNO2. The summed E-state index contributed by atoms with van der Waals surface area (Å²) in [6, 6.07) is 7.65. The van der Waals surface area contributed by atoms with E-state index in [1.54, 1.807) is 0 Å². The quantitative estimate of drug-likeness (QED) is 0.813. The van der Waals surface area contributed by atoms with Crippen LogP contribution in [0.4, 0.5) is 0 Å². The molecule has 0 amide bonds. The Balaban J connectivity index is 2.43. The van der Waals surface area contributed by atoms with Gasteiger partial charge in [-0.25, -0.2) is 0 Å². The summed E-state index contributed by atoms with van der Waals surface area (Å²) < 4.78 is 0. The van der Waals surface area contributed by atoms with E-state index in [4.69, 9.17) is 16.7 Å². The van der Waals surface area contributed by atoms with Crippen LogP contribution in [0.15, 0.2) is 24.3 Å². The van der Waals surface area contributed by atoms with Gasteiger partial charge in [0.15, 0.2) is 0 Å². The van der Waals surface area contributed by atoms with Gasteiger partial charge in [-0.2, -0.15) is 0 Å². The van der Waals surface area contributed by atoms with E-state index in [-0.39, 0.29) is 12.5 Å². The maximum Gasteiger partial charge on any atom is 0.304 e. The number of carboxylic acid groups (broad SMARTS) is 1. The Bertz CT molecular complexity index is 324. The Morgan fingerprint density at radius 1 is 1.47 bits per heavy atom. The number of carboxylic acids is 1. The number of nitrogens with one attached hydrogen (secondary N) is 1. The molecule has 1 rings (SSSR count). The summed E-state index contributed by atoms with van der Waals surface area (Å²) in [5, 5.41) is 12.3. The van der Waals surface area contributed by atoms with Gasteiger partial charge in [-0.1, -0.05) is 23.7 Å². The van der Waals surface area contributed by atoms with Gasteiger partial charge in [0.25, 0.3) is 0 Å². The molecule has 0 spiro atoms. The summed E-state index contributed by atoms with van der Waals surface area (Å²) in [5.41, 5.74) is 1.10. The number of benzene rings is 1. The molecule has 0 fully saturated rings. The van der Waals surface area contributed by atoms with E-state index >= 15 is 0 Å². The summed E-state index contributed by atoms with van der Waals surface area (Å²) in [6.45, 7) is 2.46. The molecule has 2 N–H and O–H groups in total. The topological polar surface area (TPSA) is 49.3 Å². The first-order valence-corrected chi connectivity index (χ1v) is 5.18. The van der Waals surface area contributed by atoms with Crippen molar-refractivity contribution in [2.24, 2.45) is 0 Å². The van der Waals surface area contributed by atoms with Gasteiger partial charge in [-0.3, -0.25) is 4.79 Å². The zero-order valence-corrected chi connectivity index (χ0v) is 9.29. The first kappa shape index (κ1) is 12.0. The zero-order valence-electron chi connectivity index (χ0n) is 8.53. The lowest BCUT2D eigenvalue weighted by molar-refractivity contribution is -0.136. The van der Waals surface area contributed by atoms with Crippen LogP contribution in [0.2, 0.25) is 5.02 Å². The maximum atomic E-state index is 10.3. The van der Waals surface area contributed by atoms with Gasteiger partial charge < -0.3 is 10.4 Å². The molecule has 4 heteroatoms. The average molecular weight is 228 g/mol. The van der Waals surface area contributed by atoms with Crippen LogP contribution in [0, 0.1) is 0 Å². The second-order valence-corrected chi connectivity index (χ2v) is 3.81. The number of aliphatic carboxylic acids is 1. The molecule has 1 aromatic rings. The Morgan fingerprint density at radius 3 is 2.60 bits per heavy atom. The third-order valence-electron chi connectivity index (χ3n) is 2.16. The van der Waals surface area contributed by atoms with Crippen molar-refractivity contribution in [3.05, 3.63) is 34.9 Å². The minimum atomic E-state index is -0.786. The van der Waals surface area contributed by atoms with E-state index in [9.17, 15) is 4.79 Å². The van der Waals surface area contributed by atoms with Crippen LogP contribution in [-0.4, -0.2) is 17.6 Å². The number of halogens is 1. The molecule has 1 atom stereocenters. The van der Waals surface area contributed by atoms with Crippen LogP contribution < -0.4 is 5.32 Å². The van der Waals surface area contributed by atoms with Gasteiger partial charge >= 0.3 is 5.97 Å². The van der Waals surface area contributed by atoms with Crippen molar-refractivity contribution in [3.63, 3.8) is 0 Å². The Kier molecular flexibility index (Phi) is 4.59. The molecule has 0 saturated carbocycles. The molecule has 0 unspecified atom stereocenters. The summed E-state index contributed by atoms with van der Waals surface area (Å²) in [7, 11) is 0. The highest BCUT2D eigenvalue weighted by molar-refractivity contribution is 6.30. The third kappa shape index (κ3) is 4.32. The molecule has 82 valence electrons. The van der Waals surface area contributed by atoms with Crippen molar-refractivity contribution in [2.45, 2.75) is 19.4 Å². The fourth-order valence-electron chi connectivity index (χ4n) is 1.26.